The molecule has 0 amide bonds. The fourth-order valence-electron chi connectivity index (χ4n) is 3.26. The molecule has 0 spiro atoms. The quantitative estimate of drug-likeness (QED) is 0.829. The molecular formula is C15H27N3O2. The van der Waals surface area contributed by atoms with E-state index < -0.39 is 0 Å². The molecule has 0 aliphatic heterocycles. The zero-order valence-electron chi connectivity index (χ0n) is 12.7. The van der Waals surface area contributed by atoms with Crippen molar-refractivity contribution in [3.05, 3.63) is 17.5 Å². The van der Waals surface area contributed by atoms with Gasteiger partial charge in [0.15, 0.2) is 5.76 Å². The lowest BCUT2D eigenvalue weighted by Crippen LogP contribution is -2.44. The molecule has 2 unspecified atom stereocenters. The first-order valence-corrected chi connectivity index (χ1v) is 7.66. The average molecular weight is 281 g/mol. The Balaban J connectivity index is 1.99. The lowest BCUT2D eigenvalue weighted by atomic mass is 9.83. The summed E-state index contributed by atoms with van der Waals surface area (Å²) in [5, 5.41) is 4.14. The van der Waals surface area contributed by atoms with Gasteiger partial charge in [-0.05, 0) is 31.8 Å². The molecule has 1 saturated carbocycles. The van der Waals surface area contributed by atoms with Crippen molar-refractivity contribution in [2.75, 3.05) is 20.2 Å². The van der Waals surface area contributed by atoms with E-state index in [0.29, 0.717) is 18.6 Å². The minimum Gasteiger partial charge on any atom is -0.377 e. The second-order valence-corrected chi connectivity index (χ2v) is 5.63. The van der Waals surface area contributed by atoms with Gasteiger partial charge in [0.2, 0.25) is 0 Å². The minimum atomic E-state index is 0.480. The average Bonchev–Trinajstić information content (AvgIpc) is 2.92. The summed E-state index contributed by atoms with van der Waals surface area (Å²) in [6, 6.07) is 2.58. The fraction of sp³-hybridized carbons (Fsp3) is 0.800. The maximum Gasteiger partial charge on any atom is 0.162 e. The molecule has 1 fully saturated rings. The monoisotopic (exact) mass is 281 g/mol. The summed E-state index contributed by atoms with van der Waals surface area (Å²) in [4.78, 5) is 2.49. The molecule has 2 rings (SSSR count). The molecule has 114 valence electrons. The minimum absolute atomic E-state index is 0.480. The van der Waals surface area contributed by atoms with E-state index in [1.165, 1.54) is 25.7 Å². The summed E-state index contributed by atoms with van der Waals surface area (Å²) >= 11 is 0. The van der Waals surface area contributed by atoms with E-state index in [1.807, 2.05) is 6.07 Å². The van der Waals surface area contributed by atoms with Crippen molar-refractivity contribution in [2.24, 2.45) is 11.7 Å². The first kappa shape index (κ1) is 15.5. The molecule has 2 atom stereocenters. The Labute approximate surface area is 121 Å². The highest BCUT2D eigenvalue weighted by Gasteiger charge is 2.28. The van der Waals surface area contributed by atoms with Gasteiger partial charge in [-0.15, -0.1) is 0 Å². The van der Waals surface area contributed by atoms with Crippen LogP contribution in [0.4, 0.5) is 0 Å². The number of rotatable bonds is 7. The van der Waals surface area contributed by atoms with Crippen molar-refractivity contribution in [3.63, 3.8) is 0 Å². The molecule has 0 radical (unpaired) electrons. The van der Waals surface area contributed by atoms with Crippen LogP contribution in [0, 0.1) is 5.92 Å². The second kappa shape index (κ2) is 7.76. The first-order chi connectivity index (χ1) is 9.78. The Bertz CT molecular complexity index is 394. The van der Waals surface area contributed by atoms with Crippen LogP contribution in [-0.4, -0.2) is 36.3 Å². The van der Waals surface area contributed by atoms with Crippen molar-refractivity contribution in [1.29, 1.82) is 0 Å². The molecule has 0 saturated heterocycles. The number of hydrogen-bond acceptors (Lipinski definition) is 5. The second-order valence-electron chi connectivity index (χ2n) is 5.63. The molecular weight excluding hydrogens is 254 g/mol. The number of hydrogen-bond donors (Lipinski definition) is 1. The summed E-state index contributed by atoms with van der Waals surface area (Å²) in [5.41, 5.74) is 6.93. The van der Waals surface area contributed by atoms with Crippen LogP contribution in [0.5, 0.6) is 0 Å². The highest BCUT2D eigenvalue weighted by Crippen LogP contribution is 2.28. The van der Waals surface area contributed by atoms with Crippen LogP contribution in [0.15, 0.2) is 10.6 Å². The third kappa shape index (κ3) is 3.81. The van der Waals surface area contributed by atoms with Crippen molar-refractivity contribution in [2.45, 2.75) is 51.8 Å². The molecule has 5 nitrogen and oxygen atoms in total. The number of nitrogens with two attached hydrogens (primary N) is 1. The number of aromatic nitrogens is 1. The van der Waals surface area contributed by atoms with Crippen LogP contribution in [0.2, 0.25) is 0 Å². The molecule has 20 heavy (non-hydrogen) atoms. The molecule has 1 aliphatic carbocycles. The molecule has 1 aromatic heterocycles. The van der Waals surface area contributed by atoms with Crippen molar-refractivity contribution >= 4 is 0 Å². The molecule has 0 aromatic carbocycles. The topological polar surface area (TPSA) is 64.5 Å². The Morgan fingerprint density at radius 1 is 1.45 bits per heavy atom. The van der Waals surface area contributed by atoms with Crippen LogP contribution in [0.25, 0.3) is 0 Å². The van der Waals surface area contributed by atoms with Crippen LogP contribution in [0.3, 0.4) is 0 Å². The maximum atomic E-state index is 5.95. The van der Waals surface area contributed by atoms with Gasteiger partial charge in [0.05, 0.1) is 5.69 Å². The Hall–Kier alpha value is -0.910. The van der Waals surface area contributed by atoms with Gasteiger partial charge in [0.1, 0.15) is 6.61 Å². The third-order valence-electron chi connectivity index (χ3n) is 4.31. The summed E-state index contributed by atoms with van der Waals surface area (Å²) in [6.07, 6.45) is 5.13. The zero-order valence-corrected chi connectivity index (χ0v) is 12.7. The van der Waals surface area contributed by atoms with Crippen molar-refractivity contribution in [3.8, 4) is 0 Å². The largest absolute Gasteiger partial charge is 0.377 e. The first-order valence-electron chi connectivity index (χ1n) is 7.66. The highest BCUT2D eigenvalue weighted by atomic mass is 16.5. The molecule has 1 heterocycles. The Morgan fingerprint density at radius 3 is 2.95 bits per heavy atom. The summed E-state index contributed by atoms with van der Waals surface area (Å²) in [6.45, 7) is 5.33. The third-order valence-corrected chi connectivity index (χ3v) is 4.31. The molecule has 2 N–H and O–H groups in total. The Morgan fingerprint density at radius 2 is 2.25 bits per heavy atom. The van der Waals surface area contributed by atoms with Crippen molar-refractivity contribution < 1.29 is 9.26 Å². The van der Waals surface area contributed by atoms with Crippen LogP contribution >= 0.6 is 0 Å². The normalized spacial score (nSPS) is 23.4. The predicted octanol–water partition coefficient (Wildman–Crippen LogP) is 2.16. The van der Waals surface area contributed by atoms with E-state index >= 15 is 0 Å². The van der Waals surface area contributed by atoms with E-state index in [2.05, 4.69) is 17.0 Å². The molecule has 5 heteroatoms. The van der Waals surface area contributed by atoms with Gasteiger partial charge in [-0.3, -0.25) is 4.90 Å². The van der Waals surface area contributed by atoms with Gasteiger partial charge in [-0.2, -0.15) is 0 Å². The lowest BCUT2D eigenvalue weighted by Gasteiger charge is -2.38. The smallest absolute Gasteiger partial charge is 0.162 e. The molecule has 0 bridgehead atoms. The summed E-state index contributed by atoms with van der Waals surface area (Å²) < 4.78 is 10.3. The van der Waals surface area contributed by atoms with Gasteiger partial charge < -0.3 is 15.0 Å². The predicted molar refractivity (Wildman–Crippen MR) is 78.1 cm³/mol. The van der Waals surface area contributed by atoms with E-state index in [0.717, 1.165) is 31.1 Å². The number of nitrogens with zero attached hydrogens (tertiary/aromatic N) is 2. The van der Waals surface area contributed by atoms with E-state index in [4.69, 9.17) is 15.0 Å². The lowest BCUT2D eigenvalue weighted by molar-refractivity contribution is 0.103. The fourth-order valence-corrected chi connectivity index (χ4v) is 3.26. The van der Waals surface area contributed by atoms with Gasteiger partial charge >= 0.3 is 0 Å². The standard InChI is InChI=1S/C15H27N3O2/c1-3-18(15-7-5-4-6-12(15)9-16)10-13-8-14(11-19-2)20-17-13/h8,12,15H,3-7,9-11,16H2,1-2H3. The van der Waals surface area contributed by atoms with E-state index in [9.17, 15) is 0 Å². The van der Waals surface area contributed by atoms with Gasteiger partial charge in [-0.1, -0.05) is 24.9 Å². The number of ether oxygens (including phenoxy) is 1. The molecule has 1 aromatic rings. The van der Waals surface area contributed by atoms with E-state index in [-0.39, 0.29) is 0 Å². The summed E-state index contributed by atoms with van der Waals surface area (Å²) in [5.74, 6) is 1.41. The summed E-state index contributed by atoms with van der Waals surface area (Å²) in [7, 11) is 1.66. The Kier molecular flexibility index (Phi) is 6.01. The van der Waals surface area contributed by atoms with Crippen LogP contribution < -0.4 is 5.73 Å². The van der Waals surface area contributed by atoms with Crippen LogP contribution in [0.1, 0.15) is 44.1 Å². The van der Waals surface area contributed by atoms with Crippen molar-refractivity contribution in [1.82, 2.24) is 10.1 Å². The van der Waals surface area contributed by atoms with Gasteiger partial charge in [0, 0.05) is 25.8 Å². The van der Waals surface area contributed by atoms with E-state index in [1.54, 1.807) is 7.11 Å². The number of methoxy groups -OCH3 is 1. The van der Waals surface area contributed by atoms with Gasteiger partial charge in [0.25, 0.3) is 0 Å². The van der Waals surface area contributed by atoms with Gasteiger partial charge in [-0.25, -0.2) is 0 Å². The maximum absolute atomic E-state index is 5.95. The SMILES string of the molecule is CCN(Cc1cc(COC)on1)C1CCCCC1CN. The van der Waals surface area contributed by atoms with Crippen LogP contribution in [-0.2, 0) is 17.9 Å². The highest BCUT2D eigenvalue weighted by molar-refractivity contribution is 5.05. The molecule has 1 aliphatic rings. The zero-order chi connectivity index (χ0) is 14.4.